The summed E-state index contributed by atoms with van der Waals surface area (Å²) in [6.07, 6.45) is 2.42. The van der Waals surface area contributed by atoms with Crippen LogP contribution in [0, 0.1) is 5.92 Å². The average molecular weight is 314 g/mol. The van der Waals surface area contributed by atoms with Gasteiger partial charge in [-0.25, -0.2) is 4.68 Å². The lowest BCUT2D eigenvalue weighted by molar-refractivity contribution is -0.133. The predicted octanol–water partition coefficient (Wildman–Crippen LogP) is 1.83. The first-order valence-corrected chi connectivity index (χ1v) is 8.20. The molecule has 1 aromatic carbocycles. The van der Waals surface area contributed by atoms with Gasteiger partial charge in [0.15, 0.2) is 0 Å². The molecule has 0 aliphatic carbocycles. The number of carbonyl (C=O) groups is 1. The number of fused-ring (bicyclic) bond motifs is 1. The van der Waals surface area contributed by atoms with Gasteiger partial charge in [-0.3, -0.25) is 9.59 Å². The Kier molecular flexibility index (Phi) is 4.41. The number of rotatable bonds is 4. The fourth-order valence-corrected chi connectivity index (χ4v) is 3.31. The molecule has 1 aromatic heterocycles. The number of likely N-dealkylation sites (tertiary alicyclic amines) is 1. The molecule has 3 rings (SSSR count). The molecule has 0 N–H and O–H groups in total. The highest BCUT2D eigenvalue weighted by Crippen LogP contribution is 2.24. The molecule has 1 aliphatic rings. The van der Waals surface area contributed by atoms with E-state index in [-0.39, 0.29) is 24.4 Å². The van der Waals surface area contributed by atoms with E-state index in [1.54, 1.807) is 18.2 Å². The first-order valence-electron chi connectivity index (χ1n) is 8.20. The molecule has 1 fully saturated rings. The largest absolute Gasteiger partial charge is 0.339 e. The first kappa shape index (κ1) is 15.6. The molecule has 6 nitrogen and oxygen atoms in total. The van der Waals surface area contributed by atoms with Gasteiger partial charge in [-0.2, -0.15) is 0 Å². The first-order chi connectivity index (χ1) is 11.1. The van der Waals surface area contributed by atoms with Gasteiger partial charge in [0.1, 0.15) is 5.52 Å². The third kappa shape index (κ3) is 3.11. The highest BCUT2D eigenvalue weighted by atomic mass is 16.2. The van der Waals surface area contributed by atoms with Crippen molar-refractivity contribution >= 4 is 16.8 Å². The third-order valence-corrected chi connectivity index (χ3v) is 4.56. The van der Waals surface area contributed by atoms with Crippen molar-refractivity contribution in [3.8, 4) is 0 Å². The van der Waals surface area contributed by atoms with E-state index in [9.17, 15) is 9.59 Å². The second kappa shape index (κ2) is 6.48. The summed E-state index contributed by atoms with van der Waals surface area (Å²) in [5.41, 5.74) is 0.393. The number of carbonyl (C=O) groups excluding carboxylic acids is 1. The Labute approximate surface area is 135 Å². The Morgan fingerprint density at radius 2 is 2.13 bits per heavy atom. The van der Waals surface area contributed by atoms with Crippen LogP contribution in [-0.2, 0) is 11.3 Å². The lowest BCUT2D eigenvalue weighted by atomic mass is 10.0. The second-order valence-electron chi connectivity index (χ2n) is 6.43. The van der Waals surface area contributed by atoms with Crippen molar-refractivity contribution in [2.45, 2.75) is 45.7 Å². The molecule has 6 heteroatoms. The molecule has 2 heterocycles. The van der Waals surface area contributed by atoms with Gasteiger partial charge in [0.2, 0.25) is 5.91 Å². The highest BCUT2D eigenvalue weighted by molar-refractivity contribution is 5.77. The number of aromatic nitrogens is 3. The van der Waals surface area contributed by atoms with Gasteiger partial charge >= 0.3 is 0 Å². The van der Waals surface area contributed by atoms with Crippen molar-refractivity contribution in [2.75, 3.05) is 6.54 Å². The van der Waals surface area contributed by atoms with Gasteiger partial charge < -0.3 is 4.90 Å². The molecular formula is C17H22N4O2. The summed E-state index contributed by atoms with van der Waals surface area (Å²) in [4.78, 5) is 26.8. The Bertz CT molecular complexity index is 769. The summed E-state index contributed by atoms with van der Waals surface area (Å²) in [5, 5.41) is 8.53. The molecule has 122 valence electrons. The van der Waals surface area contributed by atoms with Gasteiger partial charge in [-0.15, -0.1) is 5.10 Å². The van der Waals surface area contributed by atoms with E-state index in [1.165, 1.54) is 4.68 Å². The number of hydrogen-bond acceptors (Lipinski definition) is 4. The maximum atomic E-state index is 12.5. The van der Waals surface area contributed by atoms with E-state index in [4.69, 9.17) is 0 Å². The minimum absolute atomic E-state index is 0.100. The summed E-state index contributed by atoms with van der Waals surface area (Å²) in [7, 11) is 0. The van der Waals surface area contributed by atoms with Gasteiger partial charge in [0.05, 0.1) is 11.9 Å². The summed E-state index contributed by atoms with van der Waals surface area (Å²) >= 11 is 0. The number of aryl methyl sites for hydroxylation is 1. The molecule has 23 heavy (non-hydrogen) atoms. The number of nitrogens with zero attached hydrogens (tertiary/aromatic N) is 4. The zero-order valence-electron chi connectivity index (χ0n) is 13.6. The predicted molar refractivity (Wildman–Crippen MR) is 88.0 cm³/mol. The van der Waals surface area contributed by atoms with E-state index < -0.39 is 0 Å². The minimum atomic E-state index is -0.190. The summed E-state index contributed by atoms with van der Waals surface area (Å²) < 4.78 is 1.29. The highest BCUT2D eigenvalue weighted by Gasteiger charge is 2.30. The van der Waals surface area contributed by atoms with Gasteiger partial charge in [-0.1, -0.05) is 31.2 Å². The number of benzene rings is 1. The second-order valence-corrected chi connectivity index (χ2v) is 6.43. The lowest BCUT2D eigenvalue weighted by Crippen LogP contribution is -2.39. The van der Waals surface area contributed by atoms with Crippen LogP contribution in [0.1, 0.15) is 33.1 Å². The lowest BCUT2D eigenvalue weighted by Gasteiger charge is -2.27. The Hall–Kier alpha value is -2.24. The zero-order valence-corrected chi connectivity index (χ0v) is 13.6. The van der Waals surface area contributed by atoms with Gasteiger partial charge in [-0.05, 0) is 30.9 Å². The van der Waals surface area contributed by atoms with Crippen molar-refractivity contribution in [2.24, 2.45) is 5.92 Å². The van der Waals surface area contributed by atoms with Crippen molar-refractivity contribution < 1.29 is 4.79 Å². The van der Waals surface area contributed by atoms with Crippen LogP contribution in [0.25, 0.3) is 10.9 Å². The van der Waals surface area contributed by atoms with E-state index in [2.05, 4.69) is 24.2 Å². The third-order valence-electron chi connectivity index (χ3n) is 4.56. The van der Waals surface area contributed by atoms with Crippen LogP contribution in [-0.4, -0.2) is 38.4 Å². The molecule has 0 unspecified atom stereocenters. The summed E-state index contributed by atoms with van der Waals surface area (Å²) in [5.74, 6) is 0.563. The van der Waals surface area contributed by atoms with Gasteiger partial charge in [0.25, 0.3) is 5.56 Å². The fraction of sp³-hybridized carbons (Fsp3) is 0.529. The number of amides is 1. The monoisotopic (exact) mass is 314 g/mol. The van der Waals surface area contributed by atoms with Crippen LogP contribution in [0.4, 0.5) is 0 Å². The van der Waals surface area contributed by atoms with Crippen LogP contribution in [0.15, 0.2) is 29.1 Å². The molecule has 1 aliphatic heterocycles. The SMILES string of the molecule is CC(C)[C@H]1CCCN1C(=O)CCn1nnc2ccccc2c1=O. The fourth-order valence-electron chi connectivity index (χ4n) is 3.31. The normalized spacial score (nSPS) is 18.0. The van der Waals surface area contributed by atoms with E-state index in [1.807, 2.05) is 11.0 Å². The molecule has 0 bridgehead atoms. The average Bonchev–Trinajstić information content (AvgIpc) is 3.04. The van der Waals surface area contributed by atoms with Crippen molar-refractivity contribution in [3.63, 3.8) is 0 Å². The van der Waals surface area contributed by atoms with E-state index in [0.29, 0.717) is 22.9 Å². The number of hydrogen-bond donors (Lipinski definition) is 0. The minimum Gasteiger partial charge on any atom is -0.339 e. The van der Waals surface area contributed by atoms with Crippen LogP contribution < -0.4 is 5.56 Å². The summed E-state index contributed by atoms with van der Waals surface area (Å²) in [6, 6.07) is 7.44. The topological polar surface area (TPSA) is 68.1 Å². The van der Waals surface area contributed by atoms with Crippen LogP contribution in [0.5, 0.6) is 0 Å². The standard InChI is InChI=1S/C17H22N4O2/c1-12(2)15-8-5-10-20(15)16(22)9-11-21-17(23)13-6-3-4-7-14(13)18-19-21/h3-4,6-7,12,15H,5,8-11H2,1-2H3/t15-/m1/s1. The van der Waals surface area contributed by atoms with Crippen molar-refractivity contribution in [3.05, 3.63) is 34.6 Å². The molecule has 0 radical (unpaired) electrons. The van der Waals surface area contributed by atoms with E-state index >= 15 is 0 Å². The zero-order chi connectivity index (χ0) is 16.4. The Morgan fingerprint density at radius 3 is 2.91 bits per heavy atom. The van der Waals surface area contributed by atoms with Crippen LogP contribution >= 0.6 is 0 Å². The maximum Gasteiger partial charge on any atom is 0.277 e. The van der Waals surface area contributed by atoms with Crippen LogP contribution in [0.3, 0.4) is 0 Å². The quantitative estimate of drug-likeness (QED) is 0.863. The smallest absolute Gasteiger partial charge is 0.277 e. The molecule has 1 atom stereocenters. The molecule has 2 aromatic rings. The molecule has 1 saturated heterocycles. The van der Waals surface area contributed by atoms with Gasteiger partial charge in [0, 0.05) is 19.0 Å². The summed E-state index contributed by atoms with van der Waals surface area (Å²) in [6.45, 7) is 5.39. The maximum absolute atomic E-state index is 12.5. The van der Waals surface area contributed by atoms with Crippen LogP contribution in [0.2, 0.25) is 0 Å². The molecule has 1 amide bonds. The Balaban J connectivity index is 1.72. The van der Waals surface area contributed by atoms with Crippen molar-refractivity contribution in [1.29, 1.82) is 0 Å². The molecular weight excluding hydrogens is 292 g/mol. The van der Waals surface area contributed by atoms with E-state index in [0.717, 1.165) is 19.4 Å². The Morgan fingerprint density at radius 1 is 1.35 bits per heavy atom. The molecule has 0 spiro atoms. The van der Waals surface area contributed by atoms with Crippen molar-refractivity contribution in [1.82, 2.24) is 19.9 Å². The molecule has 0 saturated carbocycles.